The van der Waals surface area contributed by atoms with Gasteiger partial charge in [0.15, 0.2) is 0 Å². The lowest BCUT2D eigenvalue weighted by molar-refractivity contribution is 0.218. The number of halogens is 2. The number of thiophene rings is 1. The van der Waals surface area contributed by atoms with Gasteiger partial charge in [-0.05, 0) is 34.1 Å². The summed E-state index contributed by atoms with van der Waals surface area (Å²) in [5.74, 6) is 0.661. The van der Waals surface area contributed by atoms with Crippen molar-refractivity contribution < 1.29 is 4.74 Å². The van der Waals surface area contributed by atoms with Crippen LogP contribution in [0, 0.1) is 0 Å². The molecule has 0 aliphatic heterocycles. The van der Waals surface area contributed by atoms with Gasteiger partial charge in [-0.2, -0.15) is 0 Å². The van der Waals surface area contributed by atoms with Crippen LogP contribution in [0.3, 0.4) is 0 Å². The van der Waals surface area contributed by atoms with Crippen molar-refractivity contribution >= 4 is 38.9 Å². The lowest BCUT2D eigenvalue weighted by Crippen LogP contribution is -2.17. The van der Waals surface area contributed by atoms with Crippen LogP contribution in [0.4, 0.5) is 0 Å². The van der Waals surface area contributed by atoms with Gasteiger partial charge in [-0.25, -0.2) is 0 Å². The van der Waals surface area contributed by atoms with Crippen LogP contribution in [0.15, 0.2) is 40.2 Å². The first-order valence-corrected chi connectivity index (χ1v) is 7.11. The van der Waals surface area contributed by atoms with Crippen LogP contribution in [0.25, 0.3) is 0 Å². The summed E-state index contributed by atoms with van der Waals surface area (Å²) in [5, 5.41) is 2.61. The molecule has 2 nitrogen and oxygen atoms in total. The fourth-order valence-corrected chi connectivity index (χ4v) is 3.08. The molecule has 1 atom stereocenters. The maximum absolute atomic E-state index is 6.05. The van der Waals surface area contributed by atoms with Crippen LogP contribution in [-0.2, 0) is 0 Å². The summed E-state index contributed by atoms with van der Waals surface area (Å²) in [7, 11) is 0. The summed E-state index contributed by atoms with van der Waals surface area (Å²) in [6.45, 7) is 0.415. The van der Waals surface area contributed by atoms with E-state index < -0.39 is 0 Å². The smallest absolute Gasteiger partial charge is 0.145 e. The second-order valence-electron chi connectivity index (χ2n) is 3.44. The van der Waals surface area contributed by atoms with Crippen molar-refractivity contribution in [2.45, 2.75) is 6.10 Å². The van der Waals surface area contributed by atoms with Gasteiger partial charge in [0.05, 0.1) is 5.02 Å². The van der Waals surface area contributed by atoms with Crippen LogP contribution >= 0.6 is 38.9 Å². The van der Waals surface area contributed by atoms with Gasteiger partial charge in [0.2, 0.25) is 0 Å². The first-order valence-electron chi connectivity index (χ1n) is 5.06. The highest BCUT2D eigenvalue weighted by Gasteiger charge is 2.15. The van der Waals surface area contributed by atoms with Crippen molar-refractivity contribution in [3.63, 3.8) is 0 Å². The van der Waals surface area contributed by atoms with Gasteiger partial charge in [0, 0.05) is 21.3 Å². The molecule has 0 saturated heterocycles. The van der Waals surface area contributed by atoms with Crippen molar-refractivity contribution in [3.8, 4) is 5.75 Å². The second-order valence-corrected chi connectivity index (χ2v) is 5.71. The van der Waals surface area contributed by atoms with Crippen molar-refractivity contribution in [1.29, 1.82) is 0 Å². The van der Waals surface area contributed by atoms with Crippen molar-refractivity contribution in [2.24, 2.45) is 5.73 Å². The van der Waals surface area contributed by atoms with Crippen LogP contribution in [0.2, 0.25) is 5.02 Å². The largest absolute Gasteiger partial charge is 0.482 e. The predicted octanol–water partition coefficient (Wildman–Crippen LogP) is 4.24. The second kappa shape index (κ2) is 5.87. The third-order valence-electron chi connectivity index (χ3n) is 2.23. The molecule has 0 fully saturated rings. The molecule has 2 rings (SSSR count). The third-order valence-corrected chi connectivity index (χ3v) is 4.32. The number of para-hydroxylation sites is 1. The van der Waals surface area contributed by atoms with Crippen LogP contribution in [0.1, 0.15) is 11.0 Å². The van der Waals surface area contributed by atoms with E-state index in [-0.39, 0.29) is 6.10 Å². The molecule has 0 amide bonds. The fourth-order valence-electron chi connectivity index (χ4n) is 1.41. The molecule has 2 N–H and O–H groups in total. The van der Waals surface area contributed by atoms with E-state index in [1.54, 1.807) is 17.4 Å². The van der Waals surface area contributed by atoms with Gasteiger partial charge in [0.1, 0.15) is 11.9 Å². The molecule has 2 aromatic rings. The Hall–Kier alpha value is -0.550. The van der Waals surface area contributed by atoms with Crippen molar-refractivity contribution in [2.75, 3.05) is 6.54 Å². The zero-order valence-electron chi connectivity index (χ0n) is 8.90. The van der Waals surface area contributed by atoms with Gasteiger partial charge in [-0.15, -0.1) is 11.3 Å². The SMILES string of the molecule is NCC(Oc1ccccc1Cl)c1cc(Br)cs1. The van der Waals surface area contributed by atoms with Crippen LogP contribution in [0.5, 0.6) is 5.75 Å². The lowest BCUT2D eigenvalue weighted by Gasteiger charge is -2.16. The number of ether oxygens (including phenoxy) is 1. The van der Waals surface area contributed by atoms with E-state index >= 15 is 0 Å². The minimum absolute atomic E-state index is 0.161. The highest BCUT2D eigenvalue weighted by Crippen LogP contribution is 2.31. The molecular weight excluding hydrogens is 322 g/mol. The van der Waals surface area contributed by atoms with Crippen molar-refractivity contribution in [1.82, 2.24) is 0 Å². The number of rotatable bonds is 4. The highest BCUT2D eigenvalue weighted by molar-refractivity contribution is 9.10. The standard InChI is InChI=1S/C12H11BrClNOS/c13-8-5-12(17-7-8)11(6-15)16-10-4-2-1-3-9(10)14/h1-5,7,11H,6,15H2. The number of nitrogens with two attached hydrogens (primary N) is 1. The van der Waals surface area contributed by atoms with E-state index in [9.17, 15) is 0 Å². The molecule has 5 heteroatoms. The molecule has 90 valence electrons. The molecule has 17 heavy (non-hydrogen) atoms. The topological polar surface area (TPSA) is 35.2 Å². The molecule has 1 heterocycles. The minimum atomic E-state index is -0.161. The fraction of sp³-hybridized carbons (Fsp3) is 0.167. The maximum atomic E-state index is 6.05. The first kappa shape index (κ1) is 12.9. The zero-order valence-corrected chi connectivity index (χ0v) is 12.1. The summed E-state index contributed by atoms with van der Waals surface area (Å²) in [4.78, 5) is 1.08. The molecule has 0 radical (unpaired) electrons. The predicted molar refractivity (Wildman–Crippen MR) is 75.9 cm³/mol. The summed E-state index contributed by atoms with van der Waals surface area (Å²) in [5.41, 5.74) is 5.74. The molecule has 1 aromatic heterocycles. The van der Waals surface area contributed by atoms with Gasteiger partial charge < -0.3 is 10.5 Å². The van der Waals surface area contributed by atoms with E-state index in [1.807, 2.05) is 29.6 Å². The molecule has 1 aromatic carbocycles. The Morgan fingerprint density at radius 2 is 2.18 bits per heavy atom. The van der Waals surface area contributed by atoms with Crippen molar-refractivity contribution in [3.05, 3.63) is 50.1 Å². The Kier molecular flexibility index (Phi) is 4.45. The summed E-state index contributed by atoms with van der Waals surface area (Å²) in [6, 6.07) is 9.41. The quantitative estimate of drug-likeness (QED) is 0.908. The molecular formula is C12H11BrClNOS. The molecule has 1 unspecified atom stereocenters. The number of benzene rings is 1. The van der Waals surface area contributed by atoms with Gasteiger partial charge in [0.25, 0.3) is 0 Å². The molecule has 0 saturated carbocycles. The van der Waals surface area contributed by atoms with E-state index in [0.29, 0.717) is 17.3 Å². The van der Waals surface area contributed by atoms with E-state index in [0.717, 1.165) is 9.35 Å². The summed E-state index contributed by atoms with van der Waals surface area (Å²) in [6.07, 6.45) is -0.161. The van der Waals surface area contributed by atoms with Gasteiger partial charge in [-0.3, -0.25) is 0 Å². The van der Waals surface area contributed by atoms with Crippen LogP contribution < -0.4 is 10.5 Å². The Bertz CT molecular complexity index is 503. The third kappa shape index (κ3) is 3.22. The van der Waals surface area contributed by atoms with E-state index in [4.69, 9.17) is 22.1 Å². The summed E-state index contributed by atoms with van der Waals surface area (Å²) < 4.78 is 6.87. The summed E-state index contributed by atoms with van der Waals surface area (Å²) >= 11 is 11.1. The maximum Gasteiger partial charge on any atom is 0.145 e. The normalized spacial score (nSPS) is 12.4. The lowest BCUT2D eigenvalue weighted by atomic mass is 10.3. The van der Waals surface area contributed by atoms with Gasteiger partial charge in [-0.1, -0.05) is 23.7 Å². The molecule has 0 aliphatic carbocycles. The number of hydrogen-bond acceptors (Lipinski definition) is 3. The highest BCUT2D eigenvalue weighted by atomic mass is 79.9. The Morgan fingerprint density at radius 1 is 1.41 bits per heavy atom. The van der Waals surface area contributed by atoms with Crippen LogP contribution in [-0.4, -0.2) is 6.54 Å². The number of hydrogen-bond donors (Lipinski definition) is 1. The molecule has 0 spiro atoms. The van der Waals surface area contributed by atoms with E-state index in [2.05, 4.69) is 15.9 Å². The zero-order chi connectivity index (χ0) is 12.3. The monoisotopic (exact) mass is 331 g/mol. The average Bonchev–Trinajstić information content (AvgIpc) is 2.75. The minimum Gasteiger partial charge on any atom is -0.482 e. The Balaban J connectivity index is 2.18. The Labute approximate surface area is 117 Å². The van der Waals surface area contributed by atoms with Gasteiger partial charge >= 0.3 is 0 Å². The molecule has 0 bridgehead atoms. The molecule has 0 aliphatic rings. The first-order chi connectivity index (χ1) is 8.20. The average molecular weight is 333 g/mol. The Morgan fingerprint density at radius 3 is 2.76 bits per heavy atom. The van der Waals surface area contributed by atoms with E-state index in [1.165, 1.54) is 0 Å².